The lowest BCUT2D eigenvalue weighted by Gasteiger charge is -2.32. The molecule has 2 heterocycles. The van der Waals surface area contributed by atoms with Crippen molar-refractivity contribution in [1.29, 1.82) is 0 Å². The molecule has 6 nitrogen and oxygen atoms in total. The van der Waals surface area contributed by atoms with E-state index in [1.54, 1.807) is 47.4 Å². The fourth-order valence-electron chi connectivity index (χ4n) is 3.74. The van der Waals surface area contributed by atoms with Gasteiger partial charge < -0.3 is 9.64 Å². The Morgan fingerprint density at radius 3 is 2.17 bits per heavy atom. The molecular weight excluding hydrogens is 375 g/mol. The zero-order valence-corrected chi connectivity index (χ0v) is 15.8. The molecule has 7 heteroatoms. The molecule has 2 aromatic carbocycles. The minimum absolute atomic E-state index is 0.220. The zero-order chi connectivity index (χ0) is 20.4. The summed E-state index contributed by atoms with van der Waals surface area (Å²) in [5.41, 5.74) is 0.684. The molecule has 0 aromatic heterocycles. The van der Waals surface area contributed by atoms with E-state index in [0.717, 1.165) is 17.7 Å². The average Bonchev–Trinajstić information content (AvgIpc) is 2.98. The molecule has 2 aromatic rings. The van der Waals surface area contributed by atoms with Crippen LogP contribution < -0.4 is 4.74 Å². The summed E-state index contributed by atoms with van der Waals surface area (Å²) >= 11 is 0. The quantitative estimate of drug-likeness (QED) is 0.729. The number of hydrogen-bond donors (Lipinski definition) is 0. The first kappa shape index (κ1) is 19.1. The lowest BCUT2D eigenvalue weighted by molar-refractivity contribution is -0.133. The number of fused-ring (bicyclic) bond motifs is 1. The Morgan fingerprint density at radius 1 is 0.966 bits per heavy atom. The monoisotopic (exact) mass is 396 g/mol. The van der Waals surface area contributed by atoms with Gasteiger partial charge in [-0.1, -0.05) is 24.3 Å². The van der Waals surface area contributed by atoms with Crippen molar-refractivity contribution >= 4 is 17.7 Å². The number of hydrogen-bond acceptors (Lipinski definition) is 4. The molecule has 2 aliphatic rings. The Morgan fingerprint density at radius 2 is 1.55 bits per heavy atom. The van der Waals surface area contributed by atoms with Gasteiger partial charge in [-0.05, 0) is 43.0 Å². The van der Waals surface area contributed by atoms with Crippen molar-refractivity contribution in [2.24, 2.45) is 5.92 Å². The number of ether oxygens (including phenoxy) is 1. The highest BCUT2D eigenvalue weighted by Crippen LogP contribution is 2.24. The third-order valence-corrected chi connectivity index (χ3v) is 5.45. The summed E-state index contributed by atoms with van der Waals surface area (Å²) in [6, 6.07) is 12.9. The number of halogens is 1. The first-order valence-electron chi connectivity index (χ1n) is 9.65. The van der Waals surface area contributed by atoms with Gasteiger partial charge in [0.15, 0.2) is 11.6 Å². The number of para-hydroxylation sites is 1. The van der Waals surface area contributed by atoms with Gasteiger partial charge in [0, 0.05) is 13.1 Å². The third-order valence-electron chi connectivity index (χ3n) is 5.45. The SMILES string of the molecule is O=C(CN1C(=O)c2ccccc2C1=O)N1CCC(COc2ccccc2F)CC1. The standard InChI is InChI=1S/C22H21FN2O4/c23-18-7-3-4-8-19(18)29-14-15-9-11-24(12-10-15)20(26)13-25-21(27)16-5-1-2-6-17(16)22(25)28/h1-8,15H,9-14H2. The van der Waals surface area contributed by atoms with Crippen molar-refractivity contribution in [2.45, 2.75) is 12.8 Å². The van der Waals surface area contributed by atoms with Gasteiger partial charge in [-0.25, -0.2) is 4.39 Å². The maximum Gasteiger partial charge on any atom is 0.262 e. The minimum atomic E-state index is -0.424. The number of carbonyl (C=O) groups is 3. The Bertz CT molecular complexity index is 918. The van der Waals surface area contributed by atoms with E-state index in [4.69, 9.17) is 4.74 Å². The molecule has 0 bridgehead atoms. The number of imide groups is 1. The van der Waals surface area contributed by atoms with Crippen LogP contribution in [0.2, 0.25) is 0 Å². The smallest absolute Gasteiger partial charge is 0.262 e. The predicted molar refractivity (Wildman–Crippen MR) is 103 cm³/mol. The topological polar surface area (TPSA) is 66.9 Å². The van der Waals surface area contributed by atoms with Crippen LogP contribution in [0.1, 0.15) is 33.6 Å². The molecular formula is C22H21FN2O4. The summed E-state index contributed by atoms with van der Waals surface area (Å²) in [6.07, 6.45) is 1.45. The molecule has 2 aliphatic heterocycles. The van der Waals surface area contributed by atoms with Crippen LogP contribution in [0, 0.1) is 11.7 Å². The van der Waals surface area contributed by atoms with E-state index < -0.39 is 11.8 Å². The van der Waals surface area contributed by atoms with Crippen molar-refractivity contribution in [3.8, 4) is 5.75 Å². The molecule has 0 radical (unpaired) electrons. The Hall–Kier alpha value is -3.22. The zero-order valence-electron chi connectivity index (χ0n) is 15.8. The lowest BCUT2D eigenvalue weighted by Crippen LogP contribution is -2.46. The summed E-state index contributed by atoms with van der Waals surface area (Å²) in [4.78, 5) is 40.1. The molecule has 0 atom stereocenters. The van der Waals surface area contributed by atoms with Crippen LogP contribution in [0.4, 0.5) is 4.39 Å². The average molecular weight is 396 g/mol. The highest BCUT2D eigenvalue weighted by atomic mass is 19.1. The van der Waals surface area contributed by atoms with Crippen molar-refractivity contribution in [1.82, 2.24) is 9.80 Å². The van der Waals surface area contributed by atoms with E-state index in [1.165, 1.54) is 6.07 Å². The van der Waals surface area contributed by atoms with Gasteiger partial charge in [-0.2, -0.15) is 0 Å². The van der Waals surface area contributed by atoms with E-state index in [0.29, 0.717) is 30.8 Å². The van der Waals surface area contributed by atoms with Crippen LogP contribution in [0.15, 0.2) is 48.5 Å². The molecule has 29 heavy (non-hydrogen) atoms. The van der Waals surface area contributed by atoms with Crippen LogP contribution in [0.5, 0.6) is 5.75 Å². The van der Waals surface area contributed by atoms with Gasteiger partial charge in [-0.3, -0.25) is 19.3 Å². The van der Waals surface area contributed by atoms with Crippen molar-refractivity contribution in [3.05, 3.63) is 65.5 Å². The van der Waals surface area contributed by atoms with Crippen molar-refractivity contribution in [3.63, 3.8) is 0 Å². The number of likely N-dealkylation sites (tertiary alicyclic amines) is 1. The van der Waals surface area contributed by atoms with Gasteiger partial charge in [-0.15, -0.1) is 0 Å². The highest BCUT2D eigenvalue weighted by molar-refractivity contribution is 6.22. The molecule has 0 saturated carbocycles. The Balaban J connectivity index is 1.28. The van der Waals surface area contributed by atoms with E-state index in [2.05, 4.69) is 0 Å². The maximum absolute atomic E-state index is 13.6. The van der Waals surface area contributed by atoms with Crippen LogP contribution in [-0.2, 0) is 4.79 Å². The van der Waals surface area contributed by atoms with Gasteiger partial charge in [0.05, 0.1) is 17.7 Å². The normalized spacial score (nSPS) is 16.9. The molecule has 0 spiro atoms. The van der Waals surface area contributed by atoms with Gasteiger partial charge in [0.1, 0.15) is 6.54 Å². The molecule has 4 rings (SSSR count). The molecule has 0 aliphatic carbocycles. The second-order valence-corrected chi connectivity index (χ2v) is 7.31. The van der Waals surface area contributed by atoms with Crippen LogP contribution >= 0.6 is 0 Å². The molecule has 1 fully saturated rings. The van der Waals surface area contributed by atoms with Crippen molar-refractivity contribution < 1.29 is 23.5 Å². The minimum Gasteiger partial charge on any atom is -0.490 e. The van der Waals surface area contributed by atoms with Crippen LogP contribution in [0.3, 0.4) is 0 Å². The first-order chi connectivity index (χ1) is 14.0. The fraction of sp³-hybridized carbons (Fsp3) is 0.318. The summed E-state index contributed by atoms with van der Waals surface area (Å²) in [7, 11) is 0. The Labute approximate surface area is 167 Å². The second kappa shape index (κ2) is 8.03. The molecule has 1 saturated heterocycles. The summed E-state index contributed by atoms with van der Waals surface area (Å²) in [6.45, 7) is 1.19. The molecule has 0 unspecified atom stereocenters. The van der Waals surface area contributed by atoms with Crippen LogP contribution in [0.25, 0.3) is 0 Å². The second-order valence-electron chi connectivity index (χ2n) is 7.31. The number of piperidine rings is 1. The number of rotatable bonds is 5. The summed E-state index contributed by atoms with van der Waals surface area (Å²) in [5, 5.41) is 0. The lowest BCUT2D eigenvalue weighted by atomic mass is 9.97. The van der Waals surface area contributed by atoms with Crippen LogP contribution in [-0.4, -0.2) is 53.8 Å². The summed E-state index contributed by atoms with van der Waals surface area (Å²) in [5.74, 6) is -1.03. The number of benzene rings is 2. The number of carbonyl (C=O) groups excluding carboxylic acids is 3. The molecule has 0 N–H and O–H groups in total. The number of amides is 3. The Kier molecular flexibility index (Phi) is 5.29. The first-order valence-corrected chi connectivity index (χ1v) is 9.65. The van der Waals surface area contributed by atoms with E-state index in [1.807, 2.05) is 0 Å². The molecule has 150 valence electrons. The largest absolute Gasteiger partial charge is 0.490 e. The van der Waals surface area contributed by atoms with Crippen molar-refractivity contribution in [2.75, 3.05) is 26.2 Å². The summed E-state index contributed by atoms with van der Waals surface area (Å²) < 4.78 is 19.2. The van der Waals surface area contributed by atoms with Gasteiger partial charge >= 0.3 is 0 Å². The molecule has 3 amide bonds. The van der Waals surface area contributed by atoms with E-state index in [9.17, 15) is 18.8 Å². The van der Waals surface area contributed by atoms with Gasteiger partial charge in [0.2, 0.25) is 5.91 Å². The number of nitrogens with zero attached hydrogens (tertiary/aromatic N) is 2. The highest BCUT2D eigenvalue weighted by Gasteiger charge is 2.37. The van der Waals surface area contributed by atoms with E-state index >= 15 is 0 Å². The van der Waals surface area contributed by atoms with Gasteiger partial charge in [0.25, 0.3) is 11.8 Å². The maximum atomic E-state index is 13.6. The van der Waals surface area contributed by atoms with E-state index in [-0.39, 0.29) is 29.9 Å². The third kappa shape index (κ3) is 3.85. The predicted octanol–water partition coefficient (Wildman–Crippen LogP) is 2.74. The fourth-order valence-corrected chi connectivity index (χ4v) is 3.74.